The summed E-state index contributed by atoms with van der Waals surface area (Å²) in [6, 6.07) is 0. The van der Waals surface area contributed by atoms with Crippen molar-refractivity contribution in [3.8, 4) is 0 Å². The first kappa shape index (κ1) is 16.6. The Bertz CT molecular complexity index is 293. The molecule has 0 rings (SSSR count). The zero-order valence-electron chi connectivity index (χ0n) is 11.6. The second-order valence-electron chi connectivity index (χ2n) is 4.36. The van der Waals surface area contributed by atoms with E-state index in [0.29, 0.717) is 6.42 Å². The van der Waals surface area contributed by atoms with Crippen LogP contribution in [-0.4, -0.2) is 18.2 Å². The van der Waals surface area contributed by atoms with Crippen LogP contribution >= 0.6 is 0 Å². The van der Waals surface area contributed by atoms with E-state index < -0.39 is 0 Å². The Kier molecular flexibility index (Phi) is 11.2. The summed E-state index contributed by atoms with van der Waals surface area (Å²) >= 11 is 0. The lowest BCUT2D eigenvalue weighted by Gasteiger charge is -2.01. The predicted molar refractivity (Wildman–Crippen MR) is 75.3 cm³/mol. The van der Waals surface area contributed by atoms with Gasteiger partial charge < -0.3 is 5.32 Å². The molecule has 0 aliphatic heterocycles. The molecule has 1 amide bonds. The molecule has 0 saturated heterocycles. The van der Waals surface area contributed by atoms with Crippen LogP contribution in [0.15, 0.2) is 24.3 Å². The molecule has 3 nitrogen and oxygen atoms in total. The largest absolute Gasteiger partial charge is 0.349 e. The van der Waals surface area contributed by atoms with Crippen LogP contribution < -0.4 is 5.32 Å². The maximum absolute atomic E-state index is 11.3. The van der Waals surface area contributed by atoms with Gasteiger partial charge in [-0.05, 0) is 26.2 Å². The van der Waals surface area contributed by atoms with Gasteiger partial charge in [-0.15, -0.1) is 0 Å². The Morgan fingerprint density at radius 2 is 1.78 bits per heavy atom. The Labute approximate surface area is 110 Å². The van der Waals surface area contributed by atoms with Crippen LogP contribution in [0.4, 0.5) is 0 Å². The molecule has 0 bridgehead atoms. The molecule has 0 spiro atoms. The number of carbonyl (C=O) groups excluding carboxylic acids is 2. The lowest BCUT2D eigenvalue weighted by Crippen LogP contribution is -2.26. The van der Waals surface area contributed by atoms with Crippen molar-refractivity contribution in [2.75, 3.05) is 6.54 Å². The molecule has 0 aliphatic rings. The molecule has 0 aliphatic carbocycles. The first-order valence-corrected chi connectivity index (χ1v) is 6.70. The molecule has 0 aromatic carbocycles. The third-order valence-electron chi connectivity index (χ3n) is 2.55. The van der Waals surface area contributed by atoms with Gasteiger partial charge in [-0.1, -0.05) is 37.1 Å². The molecule has 1 N–H and O–H groups in total. The van der Waals surface area contributed by atoms with Gasteiger partial charge in [-0.3, -0.25) is 9.59 Å². The minimum Gasteiger partial charge on any atom is -0.349 e. The highest BCUT2D eigenvalue weighted by Crippen LogP contribution is 2.06. The molecular weight excluding hydrogens is 226 g/mol. The monoisotopic (exact) mass is 251 g/mol. The Hall–Kier alpha value is -1.38. The minimum absolute atomic E-state index is 0.123. The molecule has 0 radical (unpaired) electrons. The van der Waals surface area contributed by atoms with Crippen molar-refractivity contribution in [3.63, 3.8) is 0 Å². The highest BCUT2D eigenvalue weighted by molar-refractivity contribution is 5.85. The van der Waals surface area contributed by atoms with Crippen LogP contribution in [0.25, 0.3) is 0 Å². The standard InChI is InChI=1S/C15H25NO2/c1-3-4-5-6-7-8-9-10-11-12-15(18)13-16-14(2)17/h3-6H,7-13H2,1-2H3,(H,16,17). The maximum Gasteiger partial charge on any atom is 0.217 e. The smallest absolute Gasteiger partial charge is 0.217 e. The van der Waals surface area contributed by atoms with Crippen molar-refractivity contribution in [1.82, 2.24) is 5.32 Å². The molecule has 0 fully saturated rings. The van der Waals surface area contributed by atoms with Crippen molar-refractivity contribution >= 4 is 11.7 Å². The highest BCUT2D eigenvalue weighted by atomic mass is 16.2. The normalized spacial score (nSPS) is 11.2. The van der Waals surface area contributed by atoms with Gasteiger partial charge in [0, 0.05) is 13.3 Å². The number of Topliss-reactive ketones (excluding diaryl/α,β-unsaturated/α-hetero) is 1. The van der Waals surface area contributed by atoms with Gasteiger partial charge in [-0.2, -0.15) is 0 Å². The number of amides is 1. The summed E-state index contributed by atoms with van der Waals surface area (Å²) in [7, 11) is 0. The van der Waals surface area contributed by atoms with Crippen molar-refractivity contribution in [3.05, 3.63) is 24.3 Å². The second-order valence-corrected chi connectivity index (χ2v) is 4.36. The van der Waals surface area contributed by atoms with Gasteiger partial charge in [0.2, 0.25) is 5.91 Å². The topological polar surface area (TPSA) is 46.2 Å². The SMILES string of the molecule is CC=CC=CCCCCCCC(=O)CNC(C)=O. The van der Waals surface area contributed by atoms with E-state index in [1.807, 2.05) is 19.1 Å². The number of hydrogen-bond acceptors (Lipinski definition) is 2. The van der Waals surface area contributed by atoms with Crippen molar-refractivity contribution < 1.29 is 9.59 Å². The fourth-order valence-electron chi connectivity index (χ4n) is 1.54. The van der Waals surface area contributed by atoms with E-state index in [4.69, 9.17) is 0 Å². The molecule has 0 saturated carbocycles. The second kappa shape index (κ2) is 12.1. The van der Waals surface area contributed by atoms with Crippen LogP contribution in [0.2, 0.25) is 0 Å². The molecule has 0 aromatic rings. The highest BCUT2D eigenvalue weighted by Gasteiger charge is 2.01. The summed E-state index contributed by atoms with van der Waals surface area (Å²) in [4.78, 5) is 21.9. The quantitative estimate of drug-likeness (QED) is 0.479. The maximum atomic E-state index is 11.3. The van der Waals surface area contributed by atoms with Crippen molar-refractivity contribution in [2.45, 2.75) is 52.4 Å². The van der Waals surface area contributed by atoms with Crippen molar-refractivity contribution in [1.29, 1.82) is 0 Å². The number of ketones is 1. The van der Waals surface area contributed by atoms with Gasteiger partial charge in [-0.25, -0.2) is 0 Å². The van der Waals surface area contributed by atoms with E-state index in [2.05, 4.69) is 17.5 Å². The number of hydrogen-bond donors (Lipinski definition) is 1. The van der Waals surface area contributed by atoms with Gasteiger partial charge in [0.25, 0.3) is 0 Å². The molecule has 0 atom stereocenters. The van der Waals surface area contributed by atoms with E-state index in [1.165, 1.54) is 13.3 Å². The van der Waals surface area contributed by atoms with E-state index in [-0.39, 0.29) is 18.2 Å². The molecular formula is C15H25NO2. The van der Waals surface area contributed by atoms with Crippen LogP contribution in [-0.2, 0) is 9.59 Å². The summed E-state index contributed by atoms with van der Waals surface area (Å²) in [5, 5.41) is 2.52. The third kappa shape index (κ3) is 12.7. The van der Waals surface area contributed by atoms with E-state index in [9.17, 15) is 9.59 Å². The molecule has 0 heterocycles. The number of rotatable bonds is 10. The molecule has 3 heteroatoms. The number of nitrogens with one attached hydrogen (secondary N) is 1. The predicted octanol–water partition coefficient (Wildman–Crippen LogP) is 3.16. The summed E-state index contributed by atoms with van der Waals surface area (Å²) in [6.45, 7) is 3.61. The Balaban J connectivity index is 3.29. The fourth-order valence-corrected chi connectivity index (χ4v) is 1.54. The minimum atomic E-state index is -0.142. The van der Waals surface area contributed by atoms with Crippen LogP contribution in [0.5, 0.6) is 0 Å². The van der Waals surface area contributed by atoms with Crippen LogP contribution in [0.1, 0.15) is 52.4 Å². The molecule has 18 heavy (non-hydrogen) atoms. The third-order valence-corrected chi connectivity index (χ3v) is 2.55. The van der Waals surface area contributed by atoms with Crippen molar-refractivity contribution in [2.24, 2.45) is 0 Å². The molecule has 0 unspecified atom stereocenters. The number of carbonyl (C=O) groups is 2. The summed E-state index contributed by atoms with van der Waals surface area (Å²) in [5.74, 6) is -0.0190. The van der Waals surface area contributed by atoms with Crippen LogP contribution in [0.3, 0.4) is 0 Å². The van der Waals surface area contributed by atoms with E-state index in [0.717, 1.165) is 25.7 Å². The Morgan fingerprint density at radius 3 is 2.44 bits per heavy atom. The van der Waals surface area contributed by atoms with Gasteiger partial charge >= 0.3 is 0 Å². The van der Waals surface area contributed by atoms with Gasteiger partial charge in [0.1, 0.15) is 0 Å². The molecule has 0 aromatic heterocycles. The summed E-state index contributed by atoms with van der Waals surface area (Å²) < 4.78 is 0. The van der Waals surface area contributed by atoms with Crippen LogP contribution in [0, 0.1) is 0 Å². The van der Waals surface area contributed by atoms with Gasteiger partial charge in [0.15, 0.2) is 5.78 Å². The number of unbranched alkanes of at least 4 members (excludes halogenated alkanes) is 4. The van der Waals surface area contributed by atoms with Gasteiger partial charge in [0.05, 0.1) is 6.54 Å². The lowest BCUT2D eigenvalue weighted by atomic mass is 10.1. The summed E-state index contributed by atoms with van der Waals surface area (Å²) in [5.41, 5.74) is 0. The molecule has 102 valence electrons. The zero-order valence-corrected chi connectivity index (χ0v) is 11.6. The Morgan fingerprint density at radius 1 is 1.06 bits per heavy atom. The average molecular weight is 251 g/mol. The number of allylic oxidation sites excluding steroid dienone is 4. The first-order chi connectivity index (χ1) is 8.66. The first-order valence-electron chi connectivity index (χ1n) is 6.70. The summed E-state index contributed by atoms with van der Waals surface area (Å²) in [6.07, 6.45) is 14.3. The average Bonchev–Trinajstić information content (AvgIpc) is 2.34. The lowest BCUT2D eigenvalue weighted by molar-refractivity contribution is -0.123. The van der Waals surface area contributed by atoms with E-state index >= 15 is 0 Å². The fraction of sp³-hybridized carbons (Fsp3) is 0.600. The van der Waals surface area contributed by atoms with E-state index in [1.54, 1.807) is 0 Å². The zero-order chi connectivity index (χ0) is 13.6.